The van der Waals surface area contributed by atoms with Gasteiger partial charge in [-0.25, -0.2) is 0 Å². The molecule has 0 aromatic carbocycles. The number of nitrogens with one attached hydrogen (secondary N) is 1. The molecule has 0 aromatic rings. The van der Waals surface area contributed by atoms with Gasteiger partial charge in [-0.15, -0.1) is 0 Å². The van der Waals surface area contributed by atoms with Crippen molar-refractivity contribution in [1.29, 1.82) is 0 Å². The summed E-state index contributed by atoms with van der Waals surface area (Å²) in [6.45, 7) is 7.39. The fourth-order valence-corrected chi connectivity index (χ4v) is 0.250. The number of hydrogen-bond acceptors (Lipinski definition) is 1. The largest absolute Gasteiger partial charge is 0.320 e. The first kappa shape index (κ1) is 13.5. The summed E-state index contributed by atoms with van der Waals surface area (Å²) in [7, 11) is 1.93. The SMILES string of the molecule is C1CCC1.CCC.CCNC. The summed E-state index contributed by atoms with van der Waals surface area (Å²) >= 11 is 0. The van der Waals surface area contributed by atoms with Gasteiger partial charge in [-0.05, 0) is 13.6 Å². The fourth-order valence-electron chi connectivity index (χ4n) is 0.250. The molecule has 1 aliphatic carbocycles. The van der Waals surface area contributed by atoms with Crippen LogP contribution in [0.4, 0.5) is 0 Å². The van der Waals surface area contributed by atoms with Crippen LogP contribution >= 0.6 is 0 Å². The van der Waals surface area contributed by atoms with Crippen molar-refractivity contribution >= 4 is 0 Å². The molecule has 0 atom stereocenters. The van der Waals surface area contributed by atoms with Gasteiger partial charge in [-0.3, -0.25) is 0 Å². The first-order valence-electron chi connectivity index (χ1n) is 4.97. The van der Waals surface area contributed by atoms with Crippen molar-refractivity contribution in [3.63, 3.8) is 0 Å². The predicted molar refractivity (Wildman–Crippen MR) is 54.0 cm³/mol. The molecule has 0 amide bonds. The van der Waals surface area contributed by atoms with Crippen LogP contribution in [0, 0.1) is 0 Å². The van der Waals surface area contributed by atoms with Gasteiger partial charge < -0.3 is 5.32 Å². The number of rotatable bonds is 1. The van der Waals surface area contributed by atoms with Crippen molar-refractivity contribution in [2.24, 2.45) is 0 Å². The van der Waals surface area contributed by atoms with E-state index in [-0.39, 0.29) is 0 Å². The summed E-state index contributed by atoms with van der Waals surface area (Å²) < 4.78 is 0. The van der Waals surface area contributed by atoms with Crippen LogP contribution in [0.3, 0.4) is 0 Å². The lowest BCUT2D eigenvalue weighted by molar-refractivity contribution is 0.504. The Morgan fingerprint density at radius 3 is 1.09 bits per heavy atom. The average Bonchev–Trinajstić information content (AvgIpc) is 1.85. The van der Waals surface area contributed by atoms with Gasteiger partial charge in [0.15, 0.2) is 0 Å². The Bertz CT molecular complexity index is 34.1. The molecule has 0 saturated heterocycles. The van der Waals surface area contributed by atoms with Crippen LogP contribution in [0.5, 0.6) is 0 Å². The van der Waals surface area contributed by atoms with Gasteiger partial charge >= 0.3 is 0 Å². The Morgan fingerprint density at radius 2 is 1.09 bits per heavy atom. The maximum atomic E-state index is 2.93. The van der Waals surface area contributed by atoms with Crippen LogP contribution in [0.25, 0.3) is 0 Å². The van der Waals surface area contributed by atoms with Crippen LogP contribution in [-0.4, -0.2) is 13.6 Å². The van der Waals surface area contributed by atoms with E-state index in [4.69, 9.17) is 0 Å². The molecule has 0 radical (unpaired) electrons. The highest BCUT2D eigenvalue weighted by atomic mass is 14.8. The van der Waals surface area contributed by atoms with Gasteiger partial charge in [0, 0.05) is 0 Å². The second kappa shape index (κ2) is 16.5. The van der Waals surface area contributed by atoms with E-state index in [9.17, 15) is 0 Å². The summed E-state index contributed by atoms with van der Waals surface area (Å²) in [5.41, 5.74) is 0. The quantitative estimate of drug-likeness (QED) is 0.619. The van der Waals surface area contributed by atoms with Gasteiger partial charge in [0.2, 0.25) is 0 Å². The second-order valence-corrected chi connectivity index (χ2v) is 2.83. The average molecular weight is 159 g/mol. The molecule has 1 fully saturated rings. The van der Waals surface area contributed by atoms with Crippen LogP contribution in [0.15, 0.2) is 0 Å². The van der Waals surface area contributed by atoms with Crippen molar-refractivity contribution in [2.75, 3.05) is 13.6 Å². The standard InChI is InChI=1S/C4H8.C3H9N.C3H8/c1-2-4-3-1;1-3-4-2;1-3-2/h1-4H2;4H,3H2,1-2H3;3H2,1-2H3. The van der Waals surface area contributed by atoms with Gasteiger partial charge in [0.25, 0.3) is 0 Å². The maximum Gasteiger partial charge on any atom is -0.00804 e. The molecular formula is C10H25N. The highest BCUT2D eigenvalue weighted by Crippen LogP contribution is 2.15. The van der Waals surface area contributed by atoms with Crippen LogP contribution in [-0.2, 0) is 0 Å². The van der Waals surface area contributed by atoms with Crippen molar-refractivity contribution in [2.45, 2.75) is 52.9 Å². The van der Waals surface area contributed by atoms with Crippen molar-refractivity contribution in [3.05, 3.63) is 0 Å². The van der Waals surface area contributed by atoms with Gasteiger partial charge in [-0.1, -0.05) is 52.9 Å². The Labute approximate surface area is 72.6 Å². The minimum absolute atomic E-state index is 1.07. The first-order chi connectivity index (χ1) is 5.33. The molecule has 0 aliphatic heterocycles. The molecule has 1 N–H and O–H groups in total. The van der Waals surface area contributed by atoms with Crippen molar-refractivity contribution in [1.82, 2.24) is 5.32 Å². The van der Waals surface area contributed by atoms with E-state index < -0.39 is 0 Å². The van der Waals surface area contributed by atoms with E-state index in [0.717, 1.165) is 6.54 Å². The molecule has 0 bridgehead atoms. The highest BCUT2D eigenvalue weighted by Gasteiger charge is 1.95. The van der Waals surface area contributed by atoms with Gasteiger partial charge in [0.05, 0.1) is 0 Å². The van der Waals surface area contributed by atoms with Crippen LogP contribution < -0.4 is 5.32 Å². The minimum atomic E-state index is 1.07. The maximum absolute atomic E-state index is 2.93. The zero-order valence-electron chi connectivity index (χ0n) is 8.74. The fraction of sp³-hybridized carbons (Fsp3) is 1.00. The zero-order valence-corrected chi connectivity index (χ0v) is 8.74. The summed E-state index contributed by atoms with van der Waals surface area (Å²) in [5.74, 6) is 0. The monoisotopic (exact) mass is 159 g/mol. The molecule has 0 aromatic heterocycles. The second-order valence-electron chi connectivity index (χ2n) is 2.83. The number of hydrogen-bond donors (Lipinski definition) is 1. The third kappa shape index (κ3) is 25.7. The lowest BCUT2D eigenvalue weighted by Gasteiger charge is -2.05. The predicted octanol–water partition coefficient (Wildman–Crippen LogP) is 3.20. The molecule has 1 rings (SSSR count). The molecule has 1 heteroatoms. The molecule has 1 nitrogen and oxygen atoms in total. The minimum Gasteiger partial charge on any atom is -0.320 e. The van der Waals surface area contributed by atoms with E-state index in [1.165, 1.54) is 32.1 Å². The molecule has 0 spiro atoms. The lowest BCUT2D eigenvalue weighted by Crippen LogP contribution is -2.01. The van der Waals surface area contributed by atoms with Gasteiger partial charge in [-0.2, -0.15) is 0 Å². The molecule has 1 saturated carbocycles. The van der Waals surface area contributed by atoms with E-state index >= 15 is 0 Å². The lowest BCUT2D eigenvalue weighted by atomic mass is 10.0. The summed E-state index contributed by atoms with van der Waals surface area (Å²) in [6.07, 6.45) is 7.25. The molecule has 1 aliphatic rings. The summed E-state index contributed by atoms with van der Waals surface area (Å²) in [4.78, 5) is 0. The van der Waals surface area contributed by atoms with Crippen LogP contribution in [0.2, 0.25) is 0 Å². The molecule has 70 valence electrons. The van der Waals surface area contributed by atoms with E-state index in [1.807, 2.05) is 7.05 Å². The molecule has 0 unspecified atom stereocenters. The topological polar surface area (TPSA) is 12.0 Å². The Morgan fingerprint density at radius 1 is 0.909 bits per heavy atom. The summed E-state index contributed by atoms with van der Waals surface area (Å²) in [6, 6.07) is 0. The molecule has 11 heavy (non-hydrogen) atoms. The first-order valence-corrected chi connectivity index (χ1v) is 4.97. The van der Waals surface area contributed by atoms with E-state index in [2.05, 4.69) is 26.1 Å². The smallest absolute Gasteiger partial charge is 0.00804 e. The Balaban J connectivity index is 0. The summed E-state index contributed by atoms with van der Waals surface area (Å²) in [5, 5.41) is 2.93. The molecular weight excluding hydrogens is 134 g/mol. The third-order valence-corrected chi connectivity index (χ3v) is 1.35. The van der Waals surface area contributed by atoms with Crippen LogP contribution in [0.1, 0.15) is 52.9 Å². The normalized spacial score (nSPS) is 13.1. The Hall–Kier alpha value is -0.0400. The van der Waals surface area contributed by atoms with E-state index in [1.54, 1.807) is 0 Å². The molecule has 0 heterocycles. The highest BCUT2D eigenvalue weighted by molar-refractivity contribution is 4.50. The van der Waals surface area contributed by atoms with E-state index in [0.29, 0.717) is 0 Å². The zero-order chi connectivity index (χ0) is 8.95. The van der Waals surface area contributed by atoms with Crippen molar-refractivity contribution < 1.29 is 0 Å². The third-order valence-electron chi connectivity index (χ3n) is 1.35. The Kier molecular flexibility index (Phi) is 20.3. The van der Waals surface area contributed by atoms with Gasteiger partial charge in [0.1, 0.15) is 0 Å². The van der Waals surface area contributed by atoms with Crippen molar-refractivity contribution in [3.8, 4) is 0 Å².